The maximum atomic E-state index is 4.41. The normalized spacial score (nSPS) is 10.9. The number of anilines is 1. The van der Waals surface area contributed by atoms with Crippen molar-refractivity contribution in [1.29, 1.82) is 0 Å². The molecule has 90 valence electrons. The van der Waals surface area contributed by atoms with Crippen molar-refractivity contribution >= 4 is 21.7 Å². The van der Waals surface area contributed by atoms with E-state index in [1.165, 1.54) is 0 Å². The molecule has 0 aliphatic rings. The Morgan fingerprint density at radius 3 is 2.71 bits per heavy atom. The Hall–Kier alpha value is -1.43. The minimum absolute atomic E-state index is 0.336. The lowest BCUT2D eigenvalue weighted by molar-refractivity contribution is 0.532. The van der Waals surface area contributed by atoms with Crippen molar-refractivity contribution in [3.8, 4) is 11.4 Å². The number of nitrogens with one attached hydrogen (secondary N) is 1. The molecule has 2 aromatic heterocycles. The average molecular weight is 296 g/mol. The van der Waals surface area contributed by atoms with Crippen LogP contribution in [0.1, 0.15) is 19.9 Å². The van der Waals surface area contributed by atoms with E-state index in [1.807, 2.05) is 17.9 Å². The Morgan fingerprint density at radius 2 is 2.12 bits per heavy atom. The fraction of sp³-hybridized carbons (Fsp3) is 0.364. The van der Waals surface area contributed by atoms with E-state index in [2.05, 4.69) is 50.2 Å². The lowest BCUT2D eigenvalue weighted by Crippen LogP contribution is -2.00. The summed E-state index contributed by atoms with van der Waals surface area (Å²) in [5.74, 6) is 1.44. The van der Waals surface area contributed by atoms with Crippen LogP contribution in [0.3, 0.4) is 0 Å². The van der Waals surface area contributed by atoms with Gasteiger partial charge in [0.05, 0.1) is 16.2 Å². The van der Waals surface area contributed by atoms with Crippen LogP contribution in [-0.4, -0.2) is 26.8 Å². The second-order valence-electron chi connectivity index (χ2n) is 3.94. The zero-order chi connectivity index (χ0) is 12.4. The van der Waals surface area contributed by atoms with Gasteiger partial charge in [-0.15, -0.1) is 0 Å². The smallest absolute Gasteiger partial charge is 0.164 e. The number of hydrogen-bond donors (Lipinski definition) is 1. The molecule has 0 aliphatic carbocycles. The number of nitrogens with zero attached hydrogens (tertiary/aromatic N) is 4. The first-order valence-corrected chi connectivity index (χ1v) is 6.16. The SMILES string of the molecule is CNc1nc(-c2cnn(C(C)C)c2)ncc1Br. The van der Waals surface area contributed by atoms with Crippen molar-refractivity contribution in [3.63, 3.8) is 0 Å². The summed E-state index contributed by atoms with van der Waals surface area (Å²) < 4.78 is 2.74. The number of aromatic nitrogens is 4. The van der Waals surface area contributed by atoms with E-state index < -0.39 is 0 Å². The highest BCUT2D eigenvalue weighted by atomic mass is 79.9. The van der Waals surface area contributed by atoms with Crippen LogP contribution in [0, 0.1) is 0 Å². The van der Waals surface area contributed by atoms with E-state index in [0.29, 0.717) is 11.9 Å². The Balaban J connectivity index is 2.38. The molecule has 0 fully saturated rings. The third kappa shape index (κ3) is 2.46. The van der Waals surface area contributed by atoms with Gasteiger partial charge >= 0.3 is 0 Å². The van der Waals surface area contributed by atoms with Gasteiger partial charge in [0.2, 0.25) is 0 Å². The molecule has 0 saturated heterocycles. The van der Waals surface area contributed by atoms with Crippen molar-refractivity contribution in [2.45, 2.75) is 19.9 Å². The molecule has 0 aromatic carbocycles. The average Bonchev–Trinajstić information content (AvgIpc) is 2.79. The monoisotopic (exact) mass is 295 g/mol. The molecule has 17 heavy (non-hydrogen) atoms. The molecule has 0 bridgehead atoms. The molecule has 0 aliphatic heterocycles. The maximum absolute atomic E-state index is 4.41. The summed E-state index contributed by atoms with van der Waals surface area (Å²) in [6.45, 7) is 4.16. The van der Waals surface area contributed by atoms with Gasteiger partial charge < -0.3 is 5.32 Å². The first-order chi connectivity index (χ1) is 8.11. The molecule has 0 amide bonds. The van der Waals surface area contributed by atoms with Crippen LogP contribution in [0.15, 0.2) is 23.1 Å². The van der Waals surface area contributed by atoms with E-state index in [0.717, 1.165) is 15.9 Å². The van der Waals surface area contributed by atoms with Gasteiger partial charge in [-0.2, -0.15) is 5.10 Å². The van der Waals surface area contributed by atoms with E-state index in [4.69, 9.17) is 0 Å². The van der Waals surface area contributed by atoms with Gasteiger partial charge in [0, 0.05) is 25.5 Å². The molecule has 0 atom stereocenters. The van der Waals surface area contributed by atoms with Crippen LogP contribution < -0.4 is 5.32 Å². The highest BCUT2D eigenvalue weighted by Crippen LogP contribution is 2.22. The van der Waals surface area contributed by atoms with Crippen molar-refractivity contribution in [1.82, 2.24) is 19.7 Å². The first kappa shape index (κ1) is 12.0. The quantitative estimate of drug-likeness (QED) is 0.946. The molecule has 6 heteroatoms. The Bertz CT molecular complexity index is 520. The van der Waals surface area contributed by atoms with E-state index >= 15 is 0 Å². The second-order valence-corrected chi connectivity index (χ2v) is 4.80. The molecule has 0 unspecified atom stereocenters. The van der Waals surface area contributed by atoms with Crippen molar-refractivity contribution in [3.05, 3.63) is 23.1 Å². The highest BCUT2D eigenvalue weighted by molar-refractivity contribution is 9.10. The minimum atomic E-state index is 0.336. The topological polar surface area (TPSA) is 55.6 Å². The summed E-state index contributed by atoms with van der Waals surface area (Å²) in [5.41, 5.74) is 0.919. The second kappa shape index (κ2) is 4.83. The van der Waals surface area contributed by atoms with Gasteiger partial charge in [-0.3, -0.25) is 4.68 Å². The summed E-state index contributed by atoms with van der Waals surface area (Å²) in [5, 5.41) is 7.28. The van der Waals surface area contributed by atoms with Crippen molar-refractivity contribution in [2.24, 2.45) is 0 Å². The van der Waals surface area contributed by atoms with Crippen LogP contribution in [0.25, 0.3) is 11.4 Å². The summed E-state index contributed by atoms with van der Waals surface area (Å²) in [6, 6.07) is 0.336. The molecular formula is C11H14BrN5. The highest BCUT2D eigenvalue weighted by Gasteiger charge is 2.09. The molecule has 0 spiro atoms. The fourth-order valence-corrected chi connectivity index (χ4v) is 1.81. The third-order valence-corrected chi connectivity index (χ3v) is 2.95. The maximum Gasteiger partial charge on any atom is 0.164 e. The van der Waals surface area contributed by atoms with E-state index in [-0.39, 0.29) is 0 Å². The summed E-state index contributed by atoms with van der Waals surface area (Å²) in [6.07, 6.45) is 5.47. The van der Waals surface area contributed by atoms with Crippen LogP contribution >= 0.6 is 15.9 Å². The predicted octanol–water partition coefficient (Wildman–Crippen LogP) is 2.73. The molecule has 0 saturated carbocycles. The Morgan fingerprint density at radius 1 is 1.35 bits per heavy atom. The zero-order valence-corrected chi connectivity index (χ0v) is 11.6. The standard InChI is InChI=1S/C11H14BrN5/c1-7(2)17-6-8(4-15-17)10-14-5-9(12)11(13-3)16-10/h4-7H,1-3H3,(H,13,14,16). The molecule has 0 radical (unpaired) electrons. The lowest BCUT2D eigenvalue weighted by Gasteiger charge is -2.04. The van der Waals surface area contributed by atoms with Crippen LogP contribution in [-0.2, 0) is 0 Å². The lowest BCUT2D eigenvalue weighted by atomic mass is 10.3. The molecule has 2 aromatic rings. The van der Waals surface area contributed by atoms with Crippen molar-refractivity contribution in [2.75, 3.05) is 12.4 Å². The van der Waals surface area contributed by atoms with Gasteiger partial charge in [0.1, 0.15) is 5.82 Å². The summed E-state index contributed by atoms with van der Waals surface area (Å²) in [4.78, 5) is 8.69. The van der Waals surface area contributed by atoms with Gasteiger partial charge in [0.15, 0.2) is 5.82 Å². The molecule has 2 heterocycles. The number of rotatable bonds is 3. The molecule has 1 N–H and O–H groups in total. The predicted molar refractivity (Wildman–Crippen MR) is 70.9 cm³/mol. The summed E-state index contributed by atoms with van der Waals surface area (Å²) >= 11 is 3.38. The van der Waals surface area contributed by atoms with E-state index in [1.54, 1.807) is 12.4 Å². The number of halogens is 1. The van der Waals surface area contributed by atoms with Crippen molar-refractivity contribution < 1.29 is 0 Å². The fourth-order valence-electron chi connectivity index (χ4n) is 1.42. The third-order valence-electron chi connectivity index (χ3n) is 2.37. The first-order valence-electron chi connectivity index (χ1n) is 5.36. The van der Waals surface area contributed by atoms with Gasteiger partial charge in [0.25, 0.3) is 0 Å². The minimum Gasteiger partial charge on any atom is -0.372 e. The van der Waals surface area contributed by atoms with E-state index in [9.17, 15) is 0 Å². The summed E-state index contributed by atoms with van der Waals surface area (Å²) in [7, 11) is 1.83. The van der Waals surface area contributed by atoms with Crippen LogP contribution in [0.4, 0.5) is 5.82 Å². The zero-order valence-electron chi connectivity index (χ0n) is 9.98. The van der Waals surface area contributed by atoms with Gasteiger partial charge in [-0.25, -0.2) is 9.97 Å². The molecule has 2 rings (SSSR count). The van der Waals surface area contributed by atoms with Gasteiger partial charge in [-0.1, -0.05) is 0 Å². The Labute approximate surface area is 108 Å². The Kier molecular flexibility index (Phi) is 3.42. The number of hydrogen-bond acceptors (Lipinski definition) is 4. The molecular weight excluding hydrogens is 282 g/mol. The molecule has 5 nitrogen and oxygen atoms in total. The van der Waals surface area contributed by atoms with Crippen LogP contribution in [0.2, 0.25) is 0 Å². The largest absolute Gasteiger partial charge is 0.372 e. The van der Waals surface area contributed by atoms with Crippen LogP contribution in [0.5, 0.6) is 0 Å². The van der Waals surface area contributed by atoms with Gasteiger partial charge in [-0.05, 0) is 29.8 Å².